The highest BCUT2D eigenvalue weighted by molar-refractivity contribution is 5.87. The van der Waals surface area contributed by atoms with E-state index < -0.39 is 0 Å². The minimum absolute atomic E-state index is 0.252. The first-order chi connectivity index (χ1) is 9.79. The van der Waals surface area contributed by atoms with Gasteiger partial charge in [-0.25, -0.2) is 4.79 Å². The molecule has 1 aromatic carbocycles. The van der Waals surface area contributed by atoms with E-state index in [-0.39, 0.29) is 12.8 Å². The van der Waals surface area contributed by atoms with Crippen molar-refractivity contribution in [1.29, 1.82) is 0 Å². The van der Waals surface area contributed by atoms with Crippen molar-refractivity contribution in [1.82, 2.24) is 0 Å². The standard InChI is InChI=1S/C16H20O4/c1-2-3-4-5-10-18-16(17)9-7-13-6-8-14-15(11-13)20-12-19-14/h6-9,11H,2-5,10,12H2,1H3/b9-7+. The van der Waals surface area contributed by atoms with E-state index in [1.807, 2.05) is 18.2 Å². The van der Waals surface area contributed by atoms with E-state index in [0.717, 1.165) is 24.2 Å². The van der Waals surface area contributed by atoms with E-state index in [2.05, 4.69) is 6.92 Å². The van der Waals surface area contributed by atoms with Gasteiger partial charge >= 0.3 is 5.97 Å². The van der Waals surface area contributed by atoms with Gasteiger partial charge < -0.3 is 14.2 Å². The van der Waals surface area contributed by atoms with Crippen LogP contribution in [0.3, 0.4) is 0 Å². The largest absolute Gasteiger partial charge is 0.463 e. The Bertz CT molecular complexity index is 479. The van der Waals surface area contributed by atoms with Crippen LogP contribution in [0.2, 0.25) is 0 Å². The average Bonchev–Trinajstić information content (AvgIpc) is 2.92. The first-order valence-electron chi connectivity index (χ1n) is 7.04. The molecule has 1 aliphatic rings. The molecule has 4 heteroatoms. The van der Waals surface area contributed by atoms with Gasteiger partial charge in [-0.2, -0.15) is 0 Å². The van der Waals surface area contributed by atoms with Crippen LogP contribution >= 0.6 is 0 Å². The van der Waals surface area contributed by atoms with E-state index in [1.54, 1.807) is 6.08 Å². The quantitative estimate of drug-likeness (QED) is 0.434. The van der Waals surface area contributed by atoms with Crippen LogP contribution in [0.4, 0.5) is 0 Å². The van der Waals surface area contributed by atoms with Crippen LogP contribution < -0.4 is 9.47 Å². The van der Waals surface area contributed by atoms with Crippen molar-refractivity contribution in [2.75, 3.05) is 13.4 Å². The molecule has 1 heterocycles. The SMILES string of the molecule is CCCCCCOC(=O)/C=C/c1ccc2c(c1)OCO2. The molecule has 0 amide bonds. The van der Waals surface area contributed by atoms with Crippen molar-refractivity contribution in [3.63, 3.8) is 0 Å². The fraction of sp³-hybridized carbons (Fsp3) is 0.438. The van der Waals surface area contributed by atoms with Crippen molar-refractivity contribution >= 4 is 12.0 Å². The molecule has 0 unspecified atom stereocenters. The highest BCUT2D eigenvalue weighted by atomic mass is 16.7. The second-order valence-electron chi connectivity index (χ2n) is 4.67. The molecular formula is C16H20O4. The zero-order chi connectivity index (χ0) is 14.2. The maximum Gasteiger partial charge on any atom is 0.330 e. The molecule has 108 valence electrons. The topological polar surface area (TPSA) is 44.8 Å². The van der Waals surface area contributed by atoms with Gasteiger partial charge in [0, 0.05) is 6.08 Å². The number of fused-ring (bicyclic) bond motifs is 1. The molecule has 0 bridgehead atoms. The molecule has 0 fully saturated rings. The Hall–Kier alpha value is -1.97. The Morgan fingerprint density at radius 3 is 2.95 bits per heavy atom. The van der Waals surface area contributed by atoms with Gasteiger partial charge in [-0.3, -0.25) is 0 Å². The molecule has 0 saturated heterocycles. The monoisotopic (exact) mass is 276 g/mol. The number of esters is 1. The van der Waals surface area contributed by atoms with Crippen LogP contribution in [-0.4, -0.2) is 19.4 Å². The van der Waals surface area contributed by atoms with E-state index >= 15 is 0 Å². The van der Waals surface area contributed by atoms with Gasteiger partial charge in [-0.15, -0.1) is 0 Å². The number of benzene rings is 1. The lowest BCUT2D eigenvalue weighted by atomic mass is 10.2. The fourth-order valence-corrected chi connectivity index (χ4v) is 1.93. The predicted molar refractivity (Wildman–Crippen MR) is 76.7 cm³/mol. The van der Waals surface area contributed by atoms with E-state index in [4.69, 9.17) is 14.2 Å². The summed E-state index contributed by atoms with van der Waals surface area (Å²) in [7, 11) is 0. The molecule has 0 atom stereocenters. The molecule has 0 saturated carbocycles. The molecule has 1 aromatic rings. The van der Waals surface area contributed by atoms with Crippen molar-refractivity contribution in [3.8, 4) is 11.5 Å². The Morgan fingerprint density at radius 2 is 2.10 bits per heavy atom. The summed E-state index contributed by atoms with van der Waals surface area (Å²) in [6.45, 7) is 2.90. The molecule has 0 radical (unpaired) electrons. The second-order valence-corrected chi connectivity index (χ2v) is 4.67. The van der Waals surface area contributed by atoms with Gasteiger partial charge in [0.25, 0.3) is 0 Å². The number of unbranched alkanes of at least 4 members (excludes halogenated alkanes) is 3. The Balaban J connectivity index is 1.76. The summed E-state index contributed by atoms with van der Waals surface area (Å²) in [5.74, 6) is 1.14. The molecule has 0 aromatic heterocycles. The highest BCUT2D eigenvalue weighted by Gasteiger charge is 2.12. The molecule has 0 N–H and O–H groups in total. The second kappa shape index (κ2) is 7.58. The normalized spacial score (nSPS) is 12.8. The van der Waals surface area contributed by atoms with Crippen LogP contribution in [0, 0.1) is 0 Å². The lowest BCUT2D eigenvalue weighted by Crippen LogP contribution is -2.02. The number of carbonyl (C=O) groups excluding carboxylic acids is 1. The van der Waals surface area contributed by atoms with Gasteiger partial charge in [0.1, 0.15) is 0 Å². The van der Waals surface area contributed by atoms with Crippen molar-refractivity contribution in [3.05, 3.63) is 29.8 Å². The molecule has 1 aliphatic heterocycles. The first kappa shape index (κ1) is 14.4. The predicted octanol–water partition coefficient (Wildman–Crippen LogP) is 3.55. The summed E-state index contributed by atoms with van der Waals surface area (Å²) in [5, 5.41) is 0. The van der Waals surface area contributed by atoms with Gasteiger partial charge in [0.15, 0.2) is 11.5 Å². The first-order valence-corrected chi connectivity index (χ1v) is 7.04. The summed E-state index contributed by atoms with van der Waals surface area (Å²) in [6.07, 6.45) is 7.56. The van der Waals surface area contributed by atoms with Crippen LogP contribution in [0.1, 0.15) is 38.2 Å². The fourth-order valence-electron chi connectivity index (χ4n) is 1.93. The molecule has 0 aliphatic carbocycles. The van der Waals surface area contributed by atoms with Crippen molar-refractivity contribution < 1.29 is 19.0 Å². The number of rotatable bonds is 7. The van der Waals surface area contributed by atoms with Crippen LogP contribution in [0.25, 0.3) is 6.08 Å². The maximum absolute atomic E-state index is 11.5. The third-order valence-electron chi connectivity index (χ3n) is 3.05. The zero-order valence-corrected chi connectivity index (χ0v) is 11.8. The molecule has 4 nitrogen and oxygen atoms in total. The molecule has 2 rings (SSSR count). The van der Waals surface area contributed by atoms with Crippen molar-refractivity contribution in [2.45, 2.75) is 32.6 Å². The van der Waals surface area contributed by atoms with Gasteiger partial charge in [0.2, 0.25) is 6.79 Å². The minimum Gasteiger partial charge on any atom is -0.463 e. The third-order valence-corrected chi connectivity index (χ3v) is 3.05. The van der Waals surface area contributed by atoms with Crippen LogP contribution in [0.15, 0.2) is 24.3 Å². The zero-order valence-electron chi connectivity index (χ0n) is 11.8. The summed E-state index contributed by atoms with van der Waals surface area (Å²) >= 11 is 0. The lowest BCUT2D eigenvalue weighted by Gasteiger charge is -2.01. The average molecular weight is 276 g/mol. The molecule has 0 spiro atoms. The highest BCUT2D eigenvalue weighted by Crippen LogP contribution is 2.32. The van der Waals surface area contributed by atoms with Gasteiger partial charge in [-0.1, -0.05) is 32.3 Å². The van der Waals surface area contributed by atoms with Crippen LogP contribution in [0.5, 0.6) is 11.5 Å². The Labute approximate surface area is 119 Å². The summed E-state index contributed by atoms with van der Waals surface area (Å²) < 4.78 is 15.6. The Kier molecular flexibility index (Phi) is 5.47. The molecular weight excluding hydrogens is 256 g/mol. The van der Waals surface area contributed by atoms with E-state index in [0.29, 0.717) is 12.4 Å². The number of ether oxygens (including phenoxy) is 3. The van der Waals surface area contributed by atoms with Crippen LogP contribution in [-0.2, 0) is 9.53 Å². The smallest absolute Gasteiger partial charge is 0.330 e. The van der Waals surface area contributed by atoms with E-state index in [9.17, 15) is 4.79 Å². The summed E-state index contributed by atoms with van der Waals surface area (Å²) in [4.78, 5) is 11.5. The van der Waals surface area contributed by atoms with Gasteiger partial charge in [0.05, 0.1) is 6.61 Å². The number of hydrogen-bond donors (Lipinski definition) is 0. The minimum atomic E-state index is -0.306. The molecule has 20 heavy (non-hydrogen) atoms. The van der Waals surface area contributed by atoms with Gasteiger partial charge in [-0.05, 0) is 30.2 Å². The van der Waals surface area contributed by atoms with E-state index in [1.165, 1.54) is 18.9 Å². The lowest BCUT2D eigenvalue weighted by molar-refractivity contribution is -0.137. The summed E-state index contributed by atoms with van der Waals surface area (Å²) in [5.41, 5.74) is 0.886. The maximum atomic E-state index is 11.5. The Morgan fingerprint density at radius 1 is 1.25 bits per heavy atom. The summed E-state index contributed by atoms with van der Waals surface area (Å²) in [6, 6.07) is 5.55. The number of hydrogen-bond acceptors (Lipinski definition) is 4. The van der Waals surface area contributed by atoms with Crippen molar-refractivity contribution in [2.24, 2.45) is 0 Å². The number of carbonyl (C=O) groups is 1. The third kappa shape index (κ3) is 4.30.